The van der Waals surface area contributed by atoms with E-state index in [0.717, 1.165) is 37.2 Å². The summed E-state index contributed by atoms with van der Waals surface area (Å²) in [5, 5.41) is 5.58. The van der Waals surface area contributed by atoms with E-state index < -0.39 is 29.9 Å². The number of hydrogen-bond donors (Lipinski definition) is 3. The van der Waals surface area contributed by atoms with Crippen LogP contribution in [0.3, 0.4) is 0 Å². The Morgan fingerprint density at radius 3 is 2.58 bits per heavy atom. The van der Waals surface area contributed by atoms with Crippen LogP contribution in [0.1, 0.15) is 50.0 Å². The summed E-state index contributed by atoms with van der Waals surface area (Å²) in [6.07, 6.45) is 2.87. The Kier molecular flexibility index (Phi) is 8.20. The molecule has 4 rings (SSSR count). The van der Waals surface area contributed by atoms with E-state index in [9.17, 15) is 14.0 Å². The van der Waals surface area contributed by atoms with E-state index in [-0.39, 0.29) is 18.5 Å². The average Bonchev–Trinajstić information content (AvgIpc) is 3.34. The number of H-pyrrole nitrogens is 1. The number of imidazole rings is 1. The van der Waals surface area contributed by atoms with Crippen molar-refractivity contribution in [2.75, 3.05) is 13.1 Å². The van der Waals surface area contributed by atoms with Gasteiger partial charge in [-0.2, -0.15) is 0 Å². The van der Waals surface area contributed by atoms with E-state index in [1.165, 1.54) is 12.5 Å². The van der Waals surface area contributed by atoms with Crippen molar-refractivity contribution in [3.8, 4) is 0 Å². The molecular weight excluding hydrogens is 461 g/mol. The SMILES string of the molecule is C=C(C[C@H](NC(=O)OCc1ccccc1)C(=O)N[C@@H](C)c1nc2c(F)cccc2[nH]1)N1CCCCC1. The molecule has 0 spiro atoms. The van der Waals surface area contributed by atoms with Crippen LogP contribution in [0.25, 0.3) is 11.0 Å². The van der Waals surface area contributed by atoms with Gasteiger partial charge in [-0.3, -0.25) is 4.79 Å². The van der Waals surface area contributed by atoms with Crippen molar-refractivity contribution in [1.29, 1.82) is 0 Å². The zero-order valence-corrected chi connectivity index (χ0v) is 20.4. The second-order valence-electron chi connectivity index (χ2n) is 9.07. The lowest BCUT2D eigenvalue weighted by Crippen LogP contribution is -2.48. The highest BCUT2D eigenvalue weighted by Gasteiger charge is 2.27. The van der Waals surface area contributed by atoms with Crippen molar-refractivity contribution in [3.05, 3.63) is 78.0 Å². The van der Waals surface area contributed by atoms with E-state index in [1.807, 2.05) is 30.3 Å². The molecular formula is C27H32FN5O3. The Hall–Kier alpha value is -3.88. The molecule has 2 amide bonds. The molecule has 3 aromatic rings. The van der Waals surface area contributed by atoms with Crippen molar-refractivity contribution in [2.45, 2.75) is 51.3 Å². The van der Waals surface area contributed by atoms with Gasteiger partial charge in [-0.1, -0.05) is 43.0 Å². The Balaban J connectivity index is 1.43. The van der Waals surface area contributed by atoms with E-state index in [1.54, 1.807) is 19.1 Å². The van der Waals surface area contributed by atoms with Crippen molar-refractivity contribution < 1.29 is 18.7 Å². The van der Waals surface area contributed by atoms with Gasteiger partial charge < -0.3 is 25.3 Å². The number of hydrogen-bond acceptors (Lipinski definition) is 5. The first-order valence-corrected chi connectivity index (χ1v) is 12.2. The van der Waals surface area contributed by atoms with Gasteiger partial charge in [0.2, 0.25) is 5.91 Å². The number of alkyl carbamates (subject to hydrolysis) is 1. The third kappa shape index (κ3) is 6.41. The van der Waals surface area contributed by atoms with Crippen LogP contribution in [0.2, 0.25) is 0 Å². The van der Waals surface area contributed by atoms with Gasteiger partial charge in [0.05, 0.1) is 11.6 Å². The quantitative estimate of drug-likeness (QED) is 0.406. The number of rotatable bonds is 9. The molecule has 0 bridgehead atoms. The van der Waals surface area contributed by atoms with Gasteiger partial charge in [0, 0.05) is 25.2 Å². The fraction of sp³-hybridized carbons (Fsp3) is 0.370. The Labute approximate surface area is 209 Å². The number of nitrogens with zero attached hydrogens (tertiary/aromatic N) is 2. The first-order chi connectivity index (χ1) is 17.4. The molecule has 36 heavy (non-hydrogen) atoms. The second-order valence-corrected chi connectivity index (χ2v) is 9.07. The highest BCUT2D eigenvalue weighted by Crippen LogP contribution is 2.20. The first kappa shape index (κ1) is 25.2. The Morgan fingerprint density at radius 2 is 1.86 bits per heavy atom. The molecule has 1 saturated heterocycles. The zero-order valence-electron chi connectivity index (χ0n) is 20.4. The lowest BCUT2D eigenvalue weighted by molar-refractivity contribution is -0.123. The smallest absolute Gasteiger partial charge is 0.408 e. The van der Waals surface area contributed by atoms with E-state index >= 15 is 0 Å². The highest BCUT2D eigenvalue weighted by molar-refractivity contribution is 5.86. The summed E-state index contributed by atoms with van der Waals surface area (Å²) in [6, 6.07) is 12.5. The molecule has 1 aliphatic rings. The van der Waals surface area contributed by atoms with Gasteiger partial charge in [-0.15, -0.1) is 0 Å². The monoisotopic (exact) mass is 493 g/mol. The number of para-hydroxylation sites is 1. The maximum Gasteiger partial charge on any atom is 0.408 e. The van der Waals surface area contributed by atoms with Crippen molar-refractivity contribution >= 4 is 23.0 Å². The van der Waals surface area contributed by atoms with E-state index in [4.69, 9.17) is 4.74 Å². The molecule has 0 saturated carbocycles. The normalized spacial score (nSPS) is 15.2. The summed E-state index contributed by atoms with van der Waals surface area (Å²) in [5.74, 6) is -0.422. The minimum absolute atomic E-state index is 0.0923. The van der Waals surface area contributed by atoms with Crippen LogP contribution in [-0.4, -0.2) is 46.0 Å². The molecule has 190 valence electrons. The number of halogens is 1. The summed E-state index contributed by atoms with van der Waals surface area (Å²) in [7, 11) is 0. The summed E-state index contributed by atoms with van der Waals surface area (Å²) >= 11 is 0. The number of nitrogens with one attached hydrogen (secondary N) is 3. The average molecular weight is 494 g/mol. The largest absolute Gasteiger partial charge is 0.445 e. The number of likely N-dealkylation sites (tertiary alicyclic amines) is 1. The maximum atomic E-state index is 14.1. The van der Waals surface area contributed by atoms with Crippen LogP contribution in [0, 0.1) is 5.82 Å². The molecule has 0 unspecified atom stereocenters. The lowest BCUT2D eigenvalue weighted by Gasteiger charge is -2.32. The van der Waals surface area contributed by atoms with Crippen LogP contribution in [-0.2, 0) is 16.1 Å². The number of amides is 2. The topological polar surface area (TPSA) is 99.3 Å². The Bertz CT molecular complexity index is 1210. The minimum atomic E-state index is -0.897. The molecule has 3 N–H and O–H groups in total. The first-order valence-electron chi connectivity index (χ1n) is 12.2. The minimum Gasteiger partial charge on any atom is -0.445 e. The van der Waals surface area contributed by atoms with Gasteiger partial charge in [0.25, 0.3) is 0 Å². The number of carbonyl (C=O) groups excluding carboxylic acids is 2. The van der Waals surface area contributed by atoms with Crippen molar-refractivity contribution in [3.63, 3.8) is 0 Å². The number of piperidine rings is 1. The number of aromatic amines is 1. The van der Waals surface area contributed by atoms with E-state index in [0.29, 0.717) is 11.3 Å². The van der Waals surface area contributed by atoms with Gasteiger partial charge >= 0.3 is 6.09 Å². The molecule has 0 radical (unpaired) electrons. The molecule has 1 fully saturated rings. The molecule has 2 heterocycles. The number of benzene rings is 2. The molecule has 8 nitrogen and oxygen atoms in total. The number of carbonyl (C=O) groups is 2. The molecule has 1 aliphatic heterocycles. The number of aromatic nitrogens is 2. The van der Waals surface area contributed by atoms with Gasteiger partial charge in [0.15, 0.2) is 5.82 Å². The lowest BCUT2D eigenvalue weighted by atomic mass is 10.1. The zero-order chi connectivity index (χ0) is 25.5. The summed E-state index contributed by atoms with van der Waals surface area (Å²) in [4.78, 5) is 35.4. The molecule has 2 atom stereocenters. The third-order valence-corrected chi connectivity index (χ3v) is 6.32. The summed E-state index contributed by atoms with van der Waals surface area (Å²) in [6.45, 7) is 7.77. The Morgan fingerprint density at radius 1 is 1.11 bits per heavy atom. The second kappa shape index (κ2) is 11.7. The number of ether oxygens (including phenoxy) is 1. The molecule has 1 aromatic heterocycles. The molecule has 0 aliphatic carbocycles. The maximum absolute atomic E-state index is 14.1. The predicted molar refractivity (Wildman–Crippen MR) is 135 cm³/mol. The van der Waals surface area contributed by atoms with Crippen molar-refractivity contribution in [1.82, 2.24) is 25.5 Å². The van der Waals surface area contributed by atoms with Gasteiger partial charge in [-0.25, -0.2) is 14.2 Å². The molecule has 9 heteroatoms. The molecule has 2 aromatic carbocycles. The highest BCUT2D eigenvalue weighted by atomic mass is 19.1. The van der Waals surface area contributed by atoms with Gasteiger partial charge in [-0.05, 0) is 43.9 Å². The summed E-state index contributed by atoms with van der Waals surface area (Å²) < 4.78 is 19.4. The van der Waals surface area contributed by atoms with Crippen LogP contribution in [0.4, 0.5) is 9.18 Å². The fourth-order valence-corrected chi connectivity index (χ4v) is 4.29. The summed E-state index contributed by atoms with van der Waals surface area (Å²) in [5.41, 5.74) is 2.39. The van der Waals surface area contributed by atoms with Crippen LogP contribution < -0.4 is 10.6 Å². The van der Waals surface area contributed by atoms with Crippen LogP contribution >= 0.6 is 0 Å². The van der Waals surface area contributed by atoms with Crippen LogP contribution in [0.15, 0.2) is 60.8 Å². The number of fused-ring (bicyclic) bond motifs is 1. The van der Waals surface area contributed by atoms with Crippen molar-refractivity contribution in [2.24, 2.45) is 0 Å². The standard InChI is InChI=1S/C27H32FN5O3/c1-18(33-14-7-4-8-15-33)16-23(31-27(35)36-17-20-10-5-3-6-11-20)26(34)29-19(2)25-30-22-13-9-12-21(28)24(22)32-25/h3,5-6,9-13,19,23H,1,4,7-8,14-17H2,2H3,(H,29,34)(H,30,32)(H,31,35)/t19-,23-/m0/s1. The predicted octanol–water partition coefficient (Wildman–Crippen LogP) is 4.56. The third-order valence-electron chi connectivity index (χ3n) is 6.32. The fourth-order valence-electron chi connectivity index (χ4n) is 4.29. The van der Waals surface area contributed by atoms with Crippen LogP contribution in [0.5, 0.6) is 0 Å². The van der Waals surface area contributed by atoms with Gasteiger partial charge in [0.1, 0.15) is 24.0 Å². The van der Waals surface area contributed by atoms with E-state index in [2.05, 4.69) is 32.1 Å².